The molecule has 0 radical (unpaired) electrons. The van der Waals surface area contributed by atoms with Gasteiger partial charge in [-0.1, -0.05) is 38.1 Å². The number of nitrogens with zero attached hydrogens (tertiary/aromatic N) is 3. The van der Waals surface area contributed by atoms with Gasteiger partial charge in [0.2, 0.25) is 0 Å². The van der Waals surface area contributed by atoms with Crippen LogP contribution < -0.4 is 15.0 Å². The van der Waals surface area contributed by atoms with E-state index >= 15 is 0 Å². The molecule has 0 spiro atoms. The zero-order chi connectivity index (χ0) is 23.8. The van der Waals surface area contributed by atoms with Gasteiger partial charge in [-0.25, -0.2) is 4.79 Å². The molecule has 0 aliphatic carbocycles. The molecule has 2 amide bonds. The lowest BCUT2D eigenvalue weighted by Gasteiger charge is -2.34. The highest BCUT2D eigenvalue weighted by atomic mass is 16.5. The Morgan fingerprint density at radius 1 is 1.09 bits per heavy atom. The minimum atomic E-state index is -0.870. The van der Waals surface area contributed by atoms with Gasteiger partial charge in [-0.2, -0.15) is 5.26 Å². The van der Waals surface area contributed by atoms with Crippen molar-refractivity contribution in [1.29, 1.82) is 5.26 Å². The van der Waals surface area contributed by atoms with Crippen molar-refractivity contribution in [1.82, 2.24) is 10.2 Å². The van der Waals surface area contributed by atoms with E-state index in [0.717, 1.165) is 16.8 Å². The Balaban J connectivity index is 1.69. The minimum absolute atomic E-state index is 0.0471. The van der Waals surface area contributed by atoms with E-state index in [1.807, 2.05) is 68.4 Å². The van der Waals surface area contributed by atoms with Crippen molar-refractivity contribution < 1.29 is 19.4 Å². The number of benzene rings is 2. The molecule has 0 bridgehead atoms. The van der Waals surface area contributed by atoms with Crippen molar-refractivity contribution in [2.45, 2.75) is 26.4 Å². The number of hydrogen-bond acceptors (Lipinski definition) is 5. The van der Waals surface area contributed by atoms with E-state index in [0.29, 0.717) is 38.3 Å². The smallest absolute Gasteiger partial charge is 0.407 e. The third-order valence-electron chi connectivity index (χ3n) is 5.55. The van der Waals surface area contributed by atoms with Gasteiger partial charge in [-0.3, -0.25) is 4.79 Å². The molecule has 174 valence electrons. The van der Waals surface area contributed by atoms with Gasteiger partial charge in [-0.15, -0.1) is 0 Å². The van der Waals surface area contributed by atoms with Crippen LogP contribution in [0.3, 0.4) is 0 Å². The molecule has 2 aromatic carbocycles. The topological polar surface area (TPSA) is 106 Å². The first-order valence-corrected chi connectivity index (χ1v) is 11.1. The highest BCUT2D eigenvalue weighted by Crippen LogP contribution is 2.28. The summed E-state index contributed by atoms with van der Waals surface area (Å²) < 4.78 is 6.01. The molecule has 0 aromatic heterocycles. The van der Waals surface area contributed by atoms with E-state index in [9.17, 15) is 9.59 Å². The van der Waals surface area contributed by atoms with E-state index in [4.69, 9.17) is 15.1 Å². The lowest BCUT2D eigenvalue weighted by Crippen LogP contribution is -2.48. The summed E-state index contributed by atoms with van der Waals surface area (Å²) in [6.45, 7) is 6.32. The Labute approximate surface area is 194 Å². The molecule has 33 heavy (non-hydrogen) atoms. The number of amides is 2. The number of hydrogen-bond donors (Lipinski definition) is 2. The third-order valence-corrected chi connectivity index (χ3v) is 5.55. The molecular formula is C25H30N4O4. The van der Waals surface area contributed by atoms with Gasteiger partial charge in [0.25, 0.3) is 5.91 Å². The Kier molecular flexibility index (Phi) is 8.14. The van der Waals surface area contributed by atoms with Gasteiger partial charge in [0.05, 0.1) is 6.07 Å². The summed E-state index contributed by atoms with van der Waals surface area (Å²) in [5.41, 5.74) is 3.04. The first-order chi connectivity index (χ1) is 15.9. The van der Waals surface area contributed by atoms with Crippen LogP contribution in [-0.4, -0.2) is 60.8 Å². The largest absolute Gasteiger partial charge is 0.481 e. The van der Waals surface area contributed by atoms with Crippen molar-refractivity contribution in [3.63, 3.8) is 0 Å². The second-order valence-corrected chi connectivity index (χ2v) is 8.44. The summed E-state index contributed by atoms with van der Waals surface area (Å²) in [5, 5.41) is 20.4. The normalized spacial score (nSPS) is 14.5. The number of nitrogens with one attached hydrogen (secondary N) is 1. The molecule has 1 saturated heterocycles. The van der Waals surface area contributed by atoms with Gasteiger partial charge in [0, 0.05) is 31.9 Å². The highest BCUT2D eigenvalue weighted by Gasteiger charge is 2.22. The number of carboxylic acid groups (broad SMARTS) is 1. The van der Waals surface area contributed by atoms with E-state index in [2.05, 4.69) is 10.2 Å². The van der Waals surface area contributed by atoms with Crippen LogP contribution in [0.5, 0.6) is 5.75 Å². The second kappa shape index (κ2) is 11.2. The van der Waals surface area contributed by atoms with Gasteiger partial charge < -0.3 is 25.0 Å². The van der Waals surface area contributed by atoms with Gasteiger partial charge in [0.15, 0.2) is 6.10 Å². The van der Waals surface area contributed by atoms with Gasteiger partial charge in [0.1, 0.15) is 12.3 Å². The summed E-state index contributed by atoms with van der Waals surface area (Å²) in [6.07, 6.45) is -0.989. The molecule has 1 aliphatic heterocycles. The predicted octanol–water partition coefficient (Wildman–Crippen LogP) is 3.59. The lowest BCUT2D eigenvalue weighted by molar-refractivity contribution is -0.128. The summed E-state index contributed by atoms with van der Waals surface area (Å²) in [5.74, 6) is 0.568. The van der Waals surface area contributed by atoms with Crippen molar-refractivity contribution in [2.24, 2.45) is 5.92 Å². The summed E-state index contributed by atoms with van der Waals surface area (Å²) >= 11 is 0. The molecular weight excluding hydrogens is 420 g/mol. The second-order valence-electron chi connectivity index (χ2n) is 8.44. The number of rotatable bonds is 8. The molecule has 8 heteroatoms. The number of piperazine rings is 1. The van der Waals surface area contributed by atoms with Crippen molar-refractivity contribution in [3.8, 4) is 22.9 Å². The molecule has 3 rings (SSSR count). The zero-order valence-electron chi connectivity index (χ0n) is 19.0. The quantitative estimate of drug-likeness (QED) is 0.596. The molecule has 1 atom stereocenters. The van der Waals surface area contributed by atoms with Crippen LogP contribution in [0.25, 0.3) is 11.1 Å². The first-order valence-electron chi connectivity index (χ1n) is 11.1. The van der Waals surface area contributed by atoms with Crippen LogP contribution in [0.4, 0.5) is 10.5 Å². The van der Waals surface area contributed by atoms with Crippen LogP contribution in [0.1, 0.15) is 20.3 Å². The van der Waals surface area contributed by atoms with Crippen molar-refractivity contribution in [3.05, 3.63) is 48.5 Å². The van der Waals surface area contributed by atoms with Crippen molar-refractivity contribution in [2.75, 3.05) is 37.6 Å². The Morgan fingerprint density at radius 2 is 1.79 bits per heavy atom. The Bertz CT molecular complexity index is 992. The molecule has 1 fully saturated rings. The van der Waals surface area contributed by atoms with Crippen LogP contribution in [0, 0.1) is 17.2 Å². The maximum Gasteiger partial charge on any atom is 0.407 e. The Hall–Kier alpha value is -3.73. The SMILES string of the molecule is CC(C)CC(Oc1cccc(-c2ccc(N3CCN(C(=O)O)CC3)cc2)c1)C(=O)NCC#N. The standard InChI is InChI=1S/C25H30N4O4/c1-18(2)16-23(24(30)27-11-10-26)33-22-5-3-4-20(17-22)19-6-8-21(9-7-19)28-12-14-29(15-13-28)25(31)32/h3-9,17-18,23H,11-16H2,1-2H3,(H,27,30)(H,31,32). The Morgan fingerprint density at radius 3 is 2.39 bits per heavy atom. The molecule has 1 unspecified atom stereocenters. The van der Waals surface area contributed by atoms with E-state index in [-0.39, 0.29) is 18.4 Å². The van der Waals surface area contributed by atoms with Crippen LogP contribution in [-0.2, 0) is 4.79 Å². The highest BCUT2D eigenvalue weighted by molar-refractivity contribution is 5.81. The van der Waals surface area contributed by atoms with Gasteiger partial charge >= 0.3 is 6.09 Å². The first kappa shape index (κ1) is 23.9. The zero-order valence-corrected chi connectivity index (χ0v) is 19.0. The monoisotopic (exact) mass is 450 g/mol. The summed E-state index contributed by atoms with van der Waals surface area (Å²) in [7, 11) is 0. The number of ether oxygens (including phenoxy) is 1. The fourth-order valence-corrected chi connectivity index (χ4v) is 3.81. The van der Waals surface area contributed by atoms with E-state index in [1.165, 1.54) is 4.90 Å². The average Bonchev–Trinajstić information content (AvgIpc) is 2.82. The molecule has 0 saturated carbocycles. The predicted molar refractivity (Wildman–Crippen MR) is 126 cm³/mol. The maximum absolute atomic E-state index is 12.4. The van der Waals surface area contributed by atoms with Gasteiger partial charge in [-0.05, 0) is 47.7 Å². The molecule has 1 heterocycles. The summed E-state index contributed by atoms with van der Waals surface area (Å²) in [6, 6.07) is 17.7. The number of carbonyl (C=O) groups is 2. The van der Waals surface area contributed by atoms with Crippen molar-refractivity contribution >= 4 is 17.7 Å². The fourth-order valence-electron chi connectivity index (χ4n) is 3.81. The minimum Gasteiger partial charge on any atom is -0.481 e. The summed E-state index contributed by atoms with van der Waals surface area (Å²) in [4.78, 5) is 27.1. The fraction of sp³-hybridized carbons (Fsp3) is 0.400. The molecule has 8 nitrogen and oxygen atoms in total. The average molecular weight is 451 g/mol. The van der Waals surface area contributed by atoms with Crippen LogP contribution in [0.2, 0.25) is 0 Å². The number of anilines is 1. The van der Waals surface area contributed by atoms with Crippen LogP contribution >= 0.6 is 0 Å². The van der Waals surface area contributed by atoms with E-state index in [1.54, 1.807) is 0 Å². The van der Waals surface area contributed by atoms with Crippen LogP contribution in [0.15, 0.2) is 48.5 Å². The molecule has 2 aromatic rings. The molecule has 2 N–H and O–H groups in total. The van der Waals surface area contributed by atoms with E-state index < -0.39 is 12.2 Å². The lowest BCUT2D eigenvalue weighted by atomic mass is 10.0. The third kappa shape index (κ3) is 6.62. The maximum atomic E-state index is 12.4. The number of carbonyl (C=O) groups excluding carboxylic acids is 1. The molecule has 1 aliphatic rings. The number of nitriles is 1.